The van der Waals surface area contributed by atoms with Crippen molar-refractivity contribution in [2.75, 3.05) is 19.6 Å². The van der Waals surface area contributed by atoms with Crippen molar-refractivity contribution in [3.8, 4) is 0 Å². The Labute approximate surface area is 69.0 Å². The van der Waals surface area contributed by atoms with Crippen LogP contribution in [0.1, 0.15) is 20.3 Å². The van der Waals surface area contributed by atoms with Crippen molar-refractivity contribution in [2.45, 2.75) is 32.4 Å². The second-order valence-corrected chi connectivity index (χ2v) is 4.29. The van der Waals surface area contributed by atoms with Crippen LogP contribution in [-0.2, 0) is 0 Å². The summed E-state index contributed by atoms with van der Waals surface area (Å²) in [6.07, 6.45) is 1.44. The number of piperidine rings is 1. The minimum absolute atomic E-state index is 0.832. The van der Waals surface area contributed by atoms with Gasteiger partial charge in [-0.15, -0.1) is 0 Å². The van der Waals surface area contributed by atoms with Crippen LogP contribution in [0.5, 0.6) is 0 Å². The summed E-state index contributed by atoms with van der Waals surface area (Å²) in [6.45, 7) is 8.37. The number of hydrogen-bond acceptors (Lipinski definition) is 2. The molecule has 0 radical (unpaired) electrons. The second-order valence-electron chi connectivity index (χ2n) is 4.29. The number of nitrogens with one attached hydrogen (secondary N) is 1. The van der Waals surface area contributed by atoms with E-state index in [0.717, 1.165) is 18.0 Å². The maximum absolute atomic E-state index is 3.45. The van der Waals surface area contributed by atoms with E-state index in [1.54, 1.807) is 0 Å². The Morgan fingerprint density at radius 2 is 2.00 bits per heavy atom. The number of fused-ring (bicyclic) bond motifs is 2. The zero-order chi connectivity index (χ0) is 7.84. The second kappa shape index (κ2) is 2.76. The molecule has 64 valence electrons. The Hall–Kier alpha value is -0.0800. The van der Waals surface area contributed by atoms with Gasteiger partial charge in [-0.05, 0) is 12.3 Å². The average Bonchev–Trinajstić information content (AvgIpc) is 2.01. The van der Waals surface area contributed by atoms with E-state index in [1.165, 1.54) is 26.1 Å². The van der Waals surface area contributed by atoms with Crippen LogP contribution in [-0.4, -0.2) is 36.6 Å². The van der Waals surface area contributed by atoms with E-state index in [9.17, 15) is 0 Å². The molecule has 0 aromatic heterocycles. The van der Waals surface area contributed by atoms with E-state index in [4.69, 9.17) is 0 Å². The summed E-state index contributed by atoms with van der Waals surface area (Å²) in [7, 11) is 0. The number of nitrogens with zero attached hydrogens (tertiary/aromatic N) is 1. The maximum Gasteiger partial charge on any atom is 0.0239 e. The highest BCUT2D eigenvalue weighted by Gasteiger charge is 2.40. The summed E-state index contributed by atoms with van der Waals surface area (Å²) < 4.78 is 0. The molecule has 3 fully saturated rings. The monoisotopic (exact) mass is 154 g/mol. The lowest BCUT2D eigenvalue weighted by molar-refractivity contribution is -0.0216. The highest BCUT2D eigenvalue weighted by atomic mass is 15.3. The van der Waals surface area contributed by atoms with Crippen molar-refractivity contribution in [1.29, 1.82) is 0 Å². The fraction of sp³-hybridized carbons (Fsp3) is 1.00. The Kier molecular flexibility index (Phi) is 1.90. The minimum Gasteiger partial charge on any atom is -0.314 e. The van der Waals surface area contributed by atoms with E-state index in [0.29, 0.717) is 0 Å². The van der Waals surface area contributed by atoms with Crippen LogP contribution in [0.2, 0.25) is 0 Å². The molecule has 0 spiro atoms. The molecular weight excluding hydrogens is 136 g/mol. The Bertz CT molecular complexity index is 130. The van der Waals surface area contributed by atoms with E-state index in [-0.39, 0.29) is 0 Å². The van der Waals surface area contributed by atoms with Gasteiger partial charge in [0.1, 0.15) is 0 Å². The molecule has 0 saturated carbocycles. The molecule has 0 aliphatic carbocycles. The summed E-state index contributed by atoms with van der Waals surface area (Å²) in [5.41, 5.74) is 0. The molecule has 3 rings (SSSR count). The number of hydrogen-bond donors (Lipinski definition) is 1. The molecular formula is C9H18N2. The highest BCUT2D eigenvalue weighted by molar-refractivity contribution is 4.99. The van der Waals surface area contributed by atoms with Crippen LogP contribution >= 0.6 is 0 Å². The third-order valence-corrected chi connectivity index (χ3v) is 2.82. The molecule has 0 aromatic rings. The fourth-order valence-electron chi connectivity index (χ4n) is 2.28. The maximum atomic E-state index is 3.45. The third-order valence-electron chi connectivity index (χ3n) is 2.82. The molecule has 2 atom stereocenters. The molecule has 11 heavy (non-hydrogen) atoms. The van der Waals surface area contributed by atoms with Crippen LogP contribution in [0, 0.1) is 5.92 Å². The molecule has 3 aliphatic rings. The van der Waals surface area contributed by atoms with Gasteiger partial charge in [-0.1, -0.05) is 13.8 Å². The summed E-state index contributed by atoms with van der Waals surface area (Å²) in [5.74, 6) is 0.832. The van der Waals surface area contributed by atoms with Gasteiger partial charge < -0.3 is 5.32 Å². The Morgan fingerprint density at radius 1 is 1.36 bits per heavy atom. The number of piperazine rings is 1. The molecule has 3 saturated heterocycles. The normalized spacial score (nSPS) is 37.4. The van der Waals surface area contributed by atoms with Gasteiger partial charge in [0.15, 0.2) is 0 Å². The van der Waals surface area contributed by atoms with Crippen molar-refractivity contribution >= 4 is 0 Å². The van der Waals surface area contributed by atoms with Crippen molar-refractivity contribution < 1.29 is 0 Å². The average molecular weight is 154 g/mol. The standard InChI is InChI=1S/C9H18N2/c1-7(2)6-11-8-3-9(11)5-10-4-8/h7-10H,3-6H2,1-2H3. The van der Waals surface area contributed by atoms with E-state index < -0.39 is 0 Å². The van der Waals surface area contributed by atoms with Gasteiger partial charge in [-0.25, -0.2) is 0 Å². The number of rotatable bonds is 2. The van der Waals surface area contributed by atoms with Crippen molar-refractivity contribution in [3.63, 3.8) is 0 Å². The fourth-order valence-corrected chi connectivity index (χ4v) is 2.28. The highest BCUT2D eigenvalue weighted by Crippen LogP contribution is 2.28. The van der Waals surface area contributed by atoms with E-state index in [1.807, 2.05) is 0 Å². The molecule has 3 aliphatic heterocycles. The SMILES string of the molecule is CC(C)CN1C2CNCC1C2. The topological polar surface area (TPSA) is 15.3 Å². The van der Waals surface area contributed by atoms with Gasteiger partial charge >= 0.3 is 0 Å². The van der Waals surface area contributed by atoms with Crippen LogP contribution in [0.4, 0.5) is 0 Å². The third kappa shape index (κ3) is 1.30. The Balaban J connectivity index is 1.86. The van der Waals surface area contributed by atoms with Gasteiger partial charge in [0.25, 0.3) is 0 Å². The van der Waals surface area contributed by atoms with Crippen LogP contribution in [0.25, 0.3) is 0 Å². The summed E-state index contributed by atoms with van der Waals surface area (Å²) >= 11 is 0. The lowest BCUT2D eigenvalue weighted by Crippen LogP contribution is -2.68. The van der Waals surface area contributed by atoms with Crippen molar-refractivity contribution in [1.82, 2.24) is 10.2 Å². The van der Waals surface area contributed by atoms with Gasteiger partial charge in [-0.2, -0.15) is 0 Å². The smallest absolute Gasteiger partial charge is 0.0239 e. The van der Waals surface area contributed by atoms with Gasteiger partial charge in [-0.3, -0.25) is 4.90 Å². The first kappa shape index (κ1) is 7.56. The molecule has 2 unspecified atom stereocenters. The van der Waals surface area contributed by atoms with Gasteiger partial charge in [0.2, 0.25) is 0 Å². The predicted octanol–water partition coefficient (Wildman–Crippen LogP) is 0.689. The zero-order valence-electron chi connectivity index (χ0n) is 7.51. The molecule has 2 heteroatoms. The minimum atomic E-state index is 0.832. The zero-order valence-corrected chi connectivity index (χ0v) is 7.51. The molecule has 0 amide bonds. The molecule has 1 N–H and O–H groups in total. The van der Waals surface area contributed by atoms with Crippen molar-refractivity contribution in [2.24, 2.45) is 5.92 Å². The van der Waals surface area contributed by atoms with Gasteiger partial charge in [0, 0.05) is 31.7 Å². The Morgan fingerprint density at radius 3 is 2.45 bits per heavy atom. The van der Waals surface area contributed by atoms with E-state index in [2.05, 4.69) is 24.1 Å². The lowest BCUT2D eigenvalue weighted by Gasteiger charge is -2.53. The van der Waals surface area contributed by atoms with Crippen LogP contribution < -0.4 is 5.32 Å². The molecule has 2 nitrogen and oxygen atoms in total. The summed E-state index contributed by atoms with van der Waals surface area (Å²) in [5, 5.41) is 3.45. The summed E-state index contributed by atoms with van der Waals surface area (Å²) in [6, 6.07) is 1.74. The first-order valence-corrected chi connectivity index (χ1v) is 4.74. The largest absolute Gasteiger partial charge is 0.314 e. The molecule has 0 aromatic carbocycles. The van der Waals surface area contributed by atoms with Crippen LogP contribution in [0.15, 0.2) is 0 Å². The van der Waals surface area contributed by atoms with Gasteiger partial charge in [0.05, 0.1) is 0 Å². The molecule has 2 bridgehead atoms. The summed E-state index contributed by atoms with van der Waals surface area (Å²) in [4.78, 5) is 2.67. The molecule has 3 heterocycles. The quantitative estimate of drug-likeness (QED) is 0.629. The first-order valence-electron chi connectivity index (χ1n) is 4.74. The lowest BCUT2D eigenvalue weighted by atomic mass is 9.88. The van der Waals surface area contributed by atoms with Crippen molar-refractivity contribution in [3.05, 3.63) is 0 Å². The predicted molar refractivity (Wildman–Crippen MR) is 46.6 cm³/mol. The van der Waals surface area contributed by atoms with Crippen LogP contribution in [0.3, 0.4) is 0 Å². The van der Waals surface area contributed by atoms with E-state index >= 15 is 0 Å². The first-order chi connectivity index (χ1) is 5.27.